The number of aromatic nitrogens is 2. The highest BCUT2D eigenvalue weighted by atomic mass is 32.1. The second-order valence-corrected chi connectivity index (χ2v) is 7.95. The molecule has 5 rings (SSSR count). The number of cyclic esters (lactones) is 1. The molecule has 2 N–H and O–H groups in total. The van der Waals surface area contributed by atoms with Crippen LogP contribution in [0.1, 0.15) is 16.7 Å². The molecule has 1 aromatic heterocycles. The number of fused-ring (bicyclic) bond motifs is 1. The van der Waals surface area contributed by atoms with Gasteiger partial charge in [0.25, 0.3) is 5.79 Å². The number of benzene rings is 3. The number of carbonyl (C=O) groups is 1. The van der Waals surface area contributed by atoms with E-state index < -0.39 is 11.8 Å². The zero-order valence-electron chi connectivity index (χ0n) is 17.0. The lowest BCUT2D eigenvalue weighted by molar-refractivity contribution is -0.185. The summed E-state index contributed by atoms with van der Waals surface area (Å²) in [5, 5.41) is 21.3. The predicted molar refractivity (Wildman–Crippen MR) is 119 cm³/mol. The van der Waals surface area contributed by atoms with Crippen LogP contribution in [0.5, 0.6) is 11.5 Å². The first-order valence-corrected chi connectivity index (χ1v) is 10.6. The Hall–Kier alpha value is -3.75. The monoisotopic (exact) mass is 446 g/mol. The number of carbonyl (C=O) groups excluding carboxylic acids is 1. The van der Waals surface area contributed by atoms with Crippen molar-refractivity contribution in [1.29, 1.82) is 0 Å². The summed E-state index contributed by atoms with van der Waals surface area (Å²) in [5.41, 5.74) is 3.89. The maximum Gasteiger partial charge on any atom is 0.342 e. The van der Waals surface area contributed by atoms with Crippen LogP contribution < -0.4 is 4.74 Å². The van der Waals surface area contributed by atoms with Gasteiger partial charge in [0.05, 0.1) is 24.4 Å². The highest BCUT2D eigenvalue weighted by molar-refractivity contribution is 7.00. The quantitative estimate of drug-likeness (QED) is 0.450. The molecule has 3 aromatic carbocycles. The topological polar surface area (TPSA) is 102 Å². The summed E-state index contributed by atoms with van der Waals surface area (Å²) in [7, 11) is 1.55. The normalized spacial score (nSPS) is 18.2. The Kier molecular flexibility index (Phi) is 4.88. The second kappa shape index (κ2) is 7.74. The van der Waals surface area contributed by atoms with Gasteiger partial charge < -0.3 is 19.7 Å². The van der Waals surface area contributed by atoms with Crippen molar-refractivity contribution in [3.05, 3.63) is 89.0 Å². The van der Waals surface area contributed by atoms with Crippen molar-refractivity contribution < 1.29 is 24.5 Å². The molecule has 0 saturated carbocycles. The van der Waals surface area contributed by atoms with Crippen LogP contribution in [-0.4, -0.2) is 32.0 Å². The number of phenols is 1. The van der Waals surface area contributed by atoms with Crippen LogP contribution in [0, 0.1) is 0 Å². The van der Waals surface area contributed by atoms with E-state index in [0.717, 1.165) is 22.8 Å². The number of esters is 1. The number of phenolic OH excluding ortho intramolecular Hbond substituents is 1. The third-order valence-corrected chi connectivity index (χ3v) is 6.05. The van der Waals surface area contributed by atoms with Crippen LogP contribution in [0.3, 0.4) is 0 Å². The average Bonchev–Trinajstić information content (AvgIpc) is 3.37. The van der Waals surface area contributed by atoms with Crippen molar-refractivity contribution in [2.24, 2.45) is 0 Å². The molecule has 7 nitrogen and oxygen atoms in total. The van der Waals surface area contributed by atoms with Gasteiger partial charge >= 0.3 is 5.97 Å². The largest absolute Gasteiger partial charge is 0.508 e. The minimum atomic E-state index is -1.95. The van der Waals surface area contributed by atoms with Gasteiger partial charge in [0, 0.05) is 17.6 Å². The van der Waals surface area contributed by atoms with Gasteiger partial charge in [0.1, 0.15) is 22.5 Å². The summed E-state index contributed by atoms with van der Waals surface area (Å²) in [6, 6.07) is 18.7. The van der Waals surface area contributed by atoms with Gasteiger partial charge in [-0.2, -0.15) is 8.75 Å². The lowest BCUT2D eigenvalue weighted by atomic mass is 9.88. The lowest BCUT2D eigenvalue weighted by Crippen LogP contribution is -2.29. The summed E-state index contributed by atoms with van der Waals surface area (Å²) < 4.78 is 19.3. The summed E-state index contributed by atoms with van der Waals surface area (Å²) in [5.74, 6) is -1.83. The fraction of sp³-hybridized carbons (Fsp3) is 0.125. The number of hydrogen-bond donors (Lipinski definition) is 2. The van der Waals surface area contributed by atoms with Gasteiger partial charge in [-0.3, -0.25) is 0 Å². The Morgan fingerprint density at radius 3 is 2.44 bits per heavy atom. The first kappa shape index (κ1) is 20.2. The molecule has 0 saturated heterocycles. The van der Waals surface area contributed by atoms with Crippen molar-refractivity contribution in [3.8, 4) is 11.5 Å². The van der Waals surface area contributed by atoms with Crippen molar-refractivity contribution in [2.75, 3.05) is 7.11 Å². The number of hydrogen-bond acceptors (Lipinski definition) is 8. The van der Waals surface area contributed by atoms with Gasteiger partial charge in [-0.15, -0.1) is 0 Å². The van der Waals surface area contributed by atoms with E-state index in [9.17, 15) is 15.0 Å². The summed E-state index contributed by atoms with van der Waals surface area (Å²) >= 11 is 1.09. The second-order valence-electron chi connectivity index (χ2n) is 7.43. The van der Waals surface area contributed by atoms with E-state index >= 15 is 0 Å². The Morgan fingerprint density at radius 2 is 1.72 bits per heavy atom. The molecule has 2 heterocycles. The molecule has 1 aliphatic rings. The van der Waals surface area contributed by atoms with E-state index in [-0.39, 0.29) is 17.7 Å². The molecule has 0 amide bonds. The Morgan fingerprint density at radius 1 is 1.00 bits per heavy atom. The summed E-state index contributed by atoms with van der Waals surface area (Å²) in [6.45, 7) is 0. The van der Waals surface area contributed by atoms with Crippen LogP contribution in [-0.2, 0) is 21.7 Å². The lowest BCUT2D eigenvalue weighted by Gasteiger charge is -2.26. The molecule has 32 heavy (non-hydrogen) atoms. The molecule has 8 heteroatoms. The fourth-order valence-electron chi connectivity index (χ4n) is 3.85. The Labute approximate surface area is 187 Å². The zero-order valence-corrected chi connectivity index (χ0v) is 17.8. The van der Waals surface area contributed by atoms with Crippen molar-refractivity contribution in [1.82, 2.24) is 8.75 Å². The van der Waals surface area contributed by atoms with Crippen LogP contribution in [0.15, 0.2) is 72.3 Å². The van der Waals surface area contributed by atoms with E-state index in [4.69, 9.17) is 9.47 Å². The van der Waals surface area contributed by atoms with Gasteiger partial charge in [-0.05, 0) is 59.7 Å². The van der Waals surface area contributed by atoms with E-state index in [1.165, 1.54) is 0 Å². The smallest absolute Gasteiger partial charge is 0.342 e. The standard InChI is InChI=1S/C24H18N2O5S/c1-30-18-9-5-16(6-10-18)24(29)19(12-14-2-7-17(27)8-3-14)22(23(28)31-24)15-4-11-20-21(13-15)26-32-25-20/h2-11,13,27,29H,12H2,1H3. The molecule has 1 aliphatic heterocycles. The number of rotatable bonds is 5. The molecule has 1 atom stereocenters. The zero-order chi connectivity index (χ0) is 22.3. The predicted octanol–water partition coefficient (Wildman–Crippen LogP) is 3.80. The summed E-state index contributed by atoms with van der Waals surface area (Å²) in [4.78, 5) is 13.1. The van der Waals surface area contributed by atoms with Crippen LogP contribution in [0.2, 0.25) is 0 Å². The minimum absolute atomic E-state index is 0.133. The third kappa shape index (κ3) is 3.39. The molecule has 0 aliphatic carbocycles. The van der Waals surface area contributed by atoms with Gasteiger partial charge in [-0.25, -0.2) is 4.79 Å². The van der Waals surface area contributed by atoms with Gasteiger partial charge in [0.2, 0.25) is 0 Å². The number of ether oxygens (including phenoxy) is 2. The maximum absolute atomic E-state index is 13.1. The number of aromatic hydroxyl groups is 1. The molecule has 1 unspecified atom stereocenters. The van der Waals surface area contributed by atoms with E-state index in [0.29, 0.717) is 28.0 Å². The molecular weight excluding hydrogens is 428 g/mol. The average molecular weight is 446 g/mol. The van der Waals surface area contributed by atoms with E-state index in [2.05, 4.69) is 8.75 Å². The third-order valence-electron chi connectivity index (χ3n) is 5.50. The molecule has 0 radical (unpaired) electrons. The number of aliphatic hydroxyl groups is 1. The van der Waals surface area contributed by atoms with E-state index in [1.807, 2.05) is 0 Å². The minimum Gasteiger partial charge on any atom is -0.508 e. The summed E-state index contributed by atoms with van der Waals surface area (Å²) in [6.07, 6.45) is 0.233. The van der Waals surface area contributed by atoms with Crippen LogP contribution in [0.25, 0.3) is 16.6 Å². The SMILES string of the molecule is COc1ccc(C2(O)OC(=O)C(c3ccc4nsnc4c3)=C2Cc2ccc(O)cc2)cc1. The van der Waals surface area contributed by atoms with Crippen molar-refractivity contribution >= 4 is 34.3 Å². The van der Waals surface area contributed by atoms with Crippen LogP contribution >= 0.6 is 11.7 Å². The molecule has 0 bridgehead atoms. The highest BCUT2D eigenvalue weighted by Gasteiger charge is 2.48. The maximum atomic E-state index is 13.1. The molecular formula is C24H18N2O5S. The first-order chi connectivity index (χ1) is 15.5. The number of methoxy groups -OCH3 is 1. The van der Waals surface area contributed by atoms with Crippen LogP contribution in [0.4, 0.5) is 0 Å². The molecule has 0 spiro atoms. The molecule has 4 aromatic rings. The highest BCUT2D eigenvalue weighted by Crippen LogP contribution is 2.45. The Bertz CT molecular complexity index is 1350. The van der Waals surface area contributed by atoms with Gasteiger partial charge in [-0.1, -0.05) is 18.2 Å². The van der Waals surface area contributed by atoms with Crippen molar-refractivity contribution in [2.45, 2.75) is 12.2 Å². The first-order valence-electron chi connectivity index (χ1n) is 9.82. The Balaban J connectivity index is 1.68. The number of nitrogens with zero attached hydrogens (tertiary/aromatic N) is 2. The van der Waals surface area contributed by atoms with Crippen molar-refractivity contribution in [3.63, 3.8) is 0 Å². The molecule has 0 fully saturated rings. The van der Waals surface area contributed by atoms with Gasteiger partial charge in [0.15, 0.2) is 0 Å². The fourth-order valence-corrected chi connectivity index (χ4v) is 4.36. The molecule has 160 valence electrons. The van der Waals surface area contributed by atoms with E-state index in [1.54, 1.807) is 73.8 Å².